The molecule has 0 saturated carbocycles. The van der Waals surface area contributed by atoms with Gasteiger partial charge in [0.05, 0.1) is 12.6 Å². The summed E-state index contributed by atoms with van der Waals surface area (Å²) in [5.74, 6) is -0.170. The van der Waals surface area contributed by atoms with E-state index in [0.29, 0.717) is 19.2 Å². The van der Waals surface area contributed by atoms with Gasteiger partial charge in [-0.05, 0) is 6.42 Å². The van der Waals surface area contributed by atoms with Crippen molar-refractivity contribution in [2.75, 3.05) is 24.7 Å². The first-order chi connectivity index (χ1) is 10.2. The Balaban J connectivity index is 2.04. The first kappa shape index (κ1) is 17.5. The van der Waals surface area contributed by atoms with Crippen molar-refractivity contribution < 1.29 is 22.1 Å². The molecule has 1 aromatic heterocycles. The fraction of sp³-hybridized carbons (Fsp3) is 0.636. The second kappa shape index (κ2) is 6.73. The number of hydrogen-bond acceptors (Lipinski definition) is 5. The lowest BCUT2D eigenvalue weighted by Crippen LogP contribution is -2.49. The number of halogens is 5. The third-order valence-electron chi connectivity index (χ3n) is 3.23. The van der Waals surface area contributed by atoms with Crippen LogP contribution in [0.4, 0.5) is 23.5 Å². The summed E-state index contributed by atoms with van der Waals surface area (Å²) in [7, 11) is 0. The van der Waals surface area contributed by atoms with E-state index in [9.17, 15) is 22.1 Å². The summed E-state index contributed by atoms with van der Waals surface area (Å²) in [6.45, 7) is 0.366. The van der Waals surface area contributed by atoms with Crippen LogP contribution in [-0.4, -0.2) is 50.4 Å². The van der Waals surface area contributed by atoms with Crippen LogP contribution in [0.5, 0.6) is 0 Å². The molecule has 1 aliphatic heterocycles. The highest BCUT2D eigenvalue weighted by Crippen LogP contribution is 2.33. The van der Waals surface area contributed by atoms with Crippen LogP contribution >= 0.6 is 11.6 Å². The van der Waals surface area contributed by atoms with Gasteiger partial charge in [0.15, 0.2) is 0 Å². The SMILES string of the molecule is C[S+]([O-])N1CCC(Nc2ncc(C(F)(F)F)c(Cl)n2)C(F)C1. The maximum absolute atomic E-state index is 14.0. The molecule has 0 aromatic carbocycles. The second-order valence-electron chi connectivity index (χ2n) is 4.76. The fourth-order valence-electron chi connectivity index (χ4n) is 2.06. The van der Waals surface area contributed by atoms with E-state index in [-0.39, 0.29) is 12.5 Å². The summed E-state index contributed by atoms with van der Waals surface area (Å²) in [6.07, 6.45) is -3.65. The number of piperidine rings is 1. The van der Waals surface area contributed by atoms with Gasteiger partial charge in [-0.1, -0.05) is 11.6 Å². The molecule has 3 atom stereocenters. The van der Waals surface area contributed by atoms with Gasteiger partial charge >= 0.3 is 6.18 Å². The first-order valence-corrected chi connectivity index (χ1v) is 8.16. The number of hydrogen-bond donors (Lipinski definition) is 1. The highest BCUT2D eigenvalue weighted by Gasteiger charge is 2.36. The Labute approximate surface area is 132 Å². The van der Waals surface area contributed by atoms with Crippen molar-refractivity contribution in [1.82, 2.24) is 14.3 Å². The molecule has 2 rings (SSSR count). The third kappa shape index (κ3) is 4.12. The second-order valence-corrected chi connectivity index (χ2v) is 6.49. The van der Waals surface area contributed by atoms with Crippen LogP contribution in [-0.2, 0) is 17.5 Å². The molecule has 1 N–H and O–H groups in total. The molecule has 1 aliphatic rings. The van der Waals surface area contributed by atoms with E-state index < -0.39 is 40.5 Å². The topological polar surface area (TPSA) is 64.1 Å². The molecular formula is C11H13ClF4N4OS. The fourth-order valence-corrected chi connectivity index (χ4v) is 3.01. The molecule has 22 heavy (non-hydrogen) atoms. The zero-order chi connectivity index (χ0) is 16.5. The zero-order valence-electron chi connectivity index (χ0n) is 11.4. The summed E-state index contributed by atoms with van der Waals surface area (Å²) in [4.78, 5) is 7.03. The van der Waals surface area contributed by atoms with E-state index in [1.54, 1.807) is 0 Å². The van der Waals surface area contributed by atoms with Crippen molar-refractivity contribution in [2.24, 2.45) is 0 Å². The minimum atomic E-state index is -4.64. The molecule has 1 saturated heterocycles. The van der Waals surface area contributed by atoms with Crippen LogP contribution in [0.1, 0.15) is 12.0 Å². The van der Waals surface area contributed by atoms with Crippen LogP contribution in [0.2, 0.25) is 5.15 Å². The molecule has 3 unspecified atom stereocenters. The van der Waals surface area contributed by atoms with E-state index >= 15 is 0 Å². The number of aromatic nitrogens is 2. The monoisotopic (exact) mass is 360 g/mol. The van der Waals surface area contributed by atoms with Crippen LogP contribution in [0.3, 0.4) is 0 Å². The number of anilines is 1. The Morgan fingerprint density at radius 1 is 1.50 bits per heavy atom. The van der Waals surface area contributed by atoms with Crippen molar-refractivity contribution in [3.63, 3.8) is 0 Å². The number of alkyl halides is 4. The van der Waals surface area contributed by atoms with Crippen molar-refractivity contribution in [3.05, 3.63) is 16.9 Å². The van der Waals surface area contributed by atoms with E-state index in [4.69, 9.17) is 11.6 Å². The minimum Gasteiger partial charge on any atom is -0.598 e. The average molecular weight is 361 g/mol. The van der Waals surface area contributed by atoms with E-state index in [0.717, 1.165) is 0 Å². The average Bonchev–Trinajstić information content (AvgIpc) is 2.39. The molecule has 1 aromatic rings. The highest BCUT2D eigenvalue weighted by atomic mass is 35.5. The molecule has 0 amide bonds. The van der Waals surface area contributed by atoms with E-state index in [1.807, 2.05) is 0 Å². The Morgan fingerprint density at radius 2 is 2.18 bits per heavy atom. The van der Waals surface area contributed by atoms with Gasteiger partial charge in [-0.25, -0.2) is 14.4 Å². The lowest BCUT2D eigenvalue weighted by atomic mass is 10.1. The maximum Gasteiger partial charge on any atom is 0.420 e. The Morgan fingerprint density at radius 3 is 2.68 bits per heavy atom. The molecule has 11 heteroatoms. The van der Waals surface area contributed by atoms with Gasteiger partial charge in [-0.3, -0.25) is 0 Å². The van der Waals surface area contributed by atoms with Crippen molar-refractivity contribution in [2.45, 2.75) is 24.8 Å². The summed E-state index contributed by atoms with van der Waals surface area (Å²) in [5, 5.41) is 1.89. The maximum atomic E-state index is 14.0. The molecule has 0 radical (unpaired) electrons. The molecule has 2 heterocycles. The van der Waals surface area contributed by atoms with E-state index in [2.05, 4.69) is 15.3 Å². The smallest absolute Gasteiger partial charge is 0.420 e. The van der Waals surface area contributed by atoms with Crippen LogP contribution < -0.4 is 5.32 Å². The van der Waals surface area contributed by atoms with Crippen LogP contribution in [0, 0.1) is 0 Å². The van der Waals surface area contributed by atoms with Gasteiger partial charge in [0.25, 0.3) is 0 Å². The summed E-state index contributed by atoms with van der Waals surface area (Å²) in [5.41, 5.74) is -1.15. The summed E-state index contributed by atoms with van der Waals surface area (Å²) >= 11 is 4.22. The van der Waals surface area contributed by atoms with Gasteiger partial charge in [0.2, 0.25) is 5.95 Å². The summed E-state index contributed by atoms with van der Waals surface area (Å²) in [6, 6.07) is -0.674. The molecule has 0 bridgehead atoms. The van der Waals surface area contributed by atoms with Crippen LogP contribution in [0.25, 0.3) is 0 Å². The lowest BCUT2D eigenvalue weighted by molar-refractivity contribution is -0.137. The Kier molecular flexibility index (Phi) is 5.36. The quantitative estimate of drug-likeness (QED) is 0.509. The Bertz CT molecular complexity index is 533. The molecule has 5 nitrogen and oxygen atoms in total. The predicted molar refractivity (Wildman–Crippen MR) is 74.6 cm³/mol. The Hall–Kier alpha value is -0.840. The third-order valence-corrected chi connectivity index (χ3v) is 4.58. The van der Waals surface area contributed by atoms with Crippen LogP contribution in [0.15, 0.2) is 6.20 Å². The number of nitrogens with zero attached hydrogens (tertiary/aromatic N) is 3. The molecule has 0 aliphatic carbocycles. The molecule has 1 fully saturated rings. The first-order valence-electron chi connectivity index (χ1n) is 6.27. The summed E-state index contributed by atoms with van der Waals surface area (Å²) < 4.78 is 64.4. The largest absolute Gasteiger partial charge is 0.598 e. The van der Waals surface area contributed by atoms with Crippen molar-refractivity contribution in [3.8, 4) is 0 Å². The highest BCUT2D eigenvalue weighted by molar-refractivity contribution is 7.88. The van der Waals surface area contributed by atoms with Gasteiger partial charge in [0.1, 0.15) is 23.1 Å². The molecular weight excluding hydrogens is 348 g/mol. The number of rotatable bonds is 3. The van der Waals surface area contributed by atoms with Gasteiger partial charge in [-0.2, -0.15) is 13.2 Å². The predicted octanol–water partition coefficient (Wildman–Crippen LogP) is 2.27. The minimum absolute atomic E-state index is 0.0326. The number of nitrogens with one attached hydrogen (secondary N) is 1. The molecule has 124 valence electrons. The zero-order valence-corrected chi connectivity index (χ0v) is 13.0. The lowest BCUT2D eigenvalue weighted by Gasteiger charge is -2.33. The van der Waals surface area contributed by atoms with Gasteiger partial charge < -0.3 is 9.87 Å². The van der Waals surface area contributed by atoms with E-state index in [1.165, 1.54) is 10.6 Å². The van der Waals surface area contributed by atoms with Gasteiger partial charge in [0, 0.05) is 24.1 Å². The standard InChI is InChI=1S/C11H13ClF4N4OS/c1-22(21)20-3-2-8(7(13)5-20)18-10-17-4-6(9(12)19-10)11(14,15)16/h4,7-8H,2-3,5H2,1H3,(H,17,18,19). The normalized spacial score (nSPS) is 25.0. The molecule has 0 spiro atoms. The van der Waals surface area contributed by atoms with Gasteiger partial charge in [-0.15, -0.1) is 4.31 Å². The van der Waals surface area contributed by atoms with Crippen molar-refractivity contribution in [1.29, 1.82) is 0 Å². The van der Waals surface area contributed by atoms with Crippen molar-refractivity contribution >= 4 is 28.9 Å².